The molecule has 1 aromatic rings. The van der Waals surface area contributed by atoms with Crippen LogP contribution >= 0.6 is 0 Å². The molecular weight excluding hydrogens is 249 g/mol. The third-order valence-electron chi connectivity index (χ3n) is 2.48. The Morgan fingerprint density at radius 2 is 1.94 bits per heavy atom. The average molecular weight is 269 g/mol. The second kappa shape index (κ2) is 6.36. The van der Waals surface area contributed by atoms with Gasteiger partial charge in [-0.25, -0.2) is 4.39 Å². The van der Waals surface area contributed by atoms with Crippen LogP contribution in [0.3, 0.4) is 0 Å². The van der Waals surface area contributed by atoms with Gasteiger partial charge in [-0.05, 0) is 44.9 Å². The Balaban J connectivity index is 2.83. The van der Waals surface area contributed by atoms with Gasteiger partial charge < -0.3 is 4.55 Å². The molecule has 0 heterocycles. The van der Waals surface area contributed by atoms with Crippen molar-refractivity contribution in [2.75, 3.05) is 0 Å². The zero-order valence-corrected chi connectivity index (χ0v) is 11.9. The average Bonchev–Trinajstić information content (AvgIpc) is 2.28. The second-order valence-electron chi connectivity index (χ2n) is 5.13. The minimum atomic E-state index is -1.17. The highest BCUT2D eigenvalue weighted by Gasteiger charge is 2.29. The lowest BCUT2D eigenvalue weighted by Gasteiger charge is -2.27. The van der Waals surface area contributed by atoms with Gasteiger partial charge in [-0.2, -0.15) is 0 Å². The number of hydrogen-bond donors (Lipinski definition) is 1. The van der Waals surface area contributed by atoms with Crippen LogP contribution < -0.4 is 4.72 Å². The van der Waals surface area contributed by atoms with Crippen molar-refractivity contribution in [3.05, 3.63) is 48.3 Å². The molecule has 0 saturated heterocycles. The number of benzene rings is 1. The largest absolute Gasteiger partial charge is 0.598 e. The highest BCUT2D eigenvalue weighted by Crippen LogP contribution is 2.22. The van der Waals surface area contributed by atoms with Crippen LogP contribution in [0.25, 0.3) is 0 Å². The first-order valence-electron chi connectivity index (χ1n) is 5.89. The van der Waals surface area contributed by atoms with Gasteiger partial charge in [-0.1, -0.05) is 18.2 Å². The fourth-order valence-electron chi connectivity index (χ4n) is 1.42. The van der Waals surface area contributed by atoms with E-state index in [2.05, 4.69) is 11.3 Å². The van der Waals surface area contributed by atoms with E-state index in [-0.39, 0.29) is 16.6 Å². The quantitative estimate of drug-likeness (QED) is 0.656. The topological polar surface area (TPSA) is 35.1 Å². The van der Waals surface area contributed by atoms with Gasteiger partial charge in [0.2, 0.25) is 0 Å². The summed E-state index contributed by atoms with van der Waals surface area (Å²) >= 11 is -1.17. The van der Waals surface area contributed by atoms with Crippen molar-refractivity contribution in [1.82, 2.24) is 4.72 Å². The van der Waals surface area contributed by atoms with Gasteiger partial charge in [0.15, 0.2) is 0 Å². The van der Waals surface area contributed by atoms with E-state index in [9.17, 15) is 8.94 Å². The fourth-order valence-corrected chi connectivity index (χ4v) is 2.26. The van der Waals surface area contributed by atoms with E-state index >= 15 is 0 Å². The Bertz CT molecular complexity index is 386. The molecule has 18 heavy (non-hydrogen) atoms. The second-order valence-corrected chi connectivity index (χ2v) is 7.13. The van der Waals surface area contributed by atoms with Crippen molar-refractivity contribution < 1.29 is 8.94 Å². The van der Waals surface area contributed by atoms with E-state index in [4.69, 9.17) is 0 Å². The number of rotatable bonds is 5. The molecule has 0 saturated carbocycles. The first-order chi connectivity index (χ1) is 8.34. The molecule has 0 amide bonds. The molecule has 1 aromatic carbocycles. The van der Waals surface area contributed by atoms with Gasteiger partial charge in [-0.15, -0.1) is 11.3 Å². The summed E-state index contributed by atoms with van der Waals surface area (Å²) in [5.74, 6) is -0.270. The smallest absolute Gasteiger partial charge is 0.136 e. The van der Waals surface area contributed by atoms with Crippen LogP contribution in [0.4, 0.5) is 4.39 Å². The predicted molar refractivity (Wildman–Crippen MR) is 75.0 cm³/mol. The standard InChI is InChI=1S/C14H20FNOS/c1-5-6-13(16-18(17)14(2,3)4)11-7-9-12(15)10-8-11/h5,7-10,13,16H,1,6H2,2-4H3/t13-,18?/m0/s1. The zero-order valence-electron chi connectivity index (χ0n) is 11.1. The molecule has 4 heteroatoms. The Morgan fingerprint density at radius 3 is 2.39 bits per heavy atom. The molecular formula is C14H20FNOS. The SMILES string of the molecule is C=CC[C@H](N[S+]([O-])C(C)(C)C)c1ccc(F)cc1. The van der Waals surface area contributed by atoms with E-state index < -0.39 is 11.4 Å². The molecule has 1 N–H and O–H groups in total. The van der Waals surface area contributed by atoms with Crippen molar-refractivity contribution >= 4 is 11.4 Å². The summed E-state index contributed by atoms with van der Waals surface area (Å²) in [4.78, 5) is 0. The van der Waals surface area contributed by atoms with Crippen molar-refractivity contribution in [2.24, 2.45) is 0 Å². The first-order valence-corrected chi connectivity index (χ1v) is 7.04. The molecule has 0 fully saturated rings. The minimum Gasteiger partial charge on any atom is -0.598 e. The molecule has 0 radical (unpaired) electrons. The predicted octanol–water partition coefficient (Wildman–Crippen LogP) is 3.49. The van der Waals surface area contributed by atoms with E-state index in [0.29, 0.717) is 6.42 Å². The summed E-state index contributed by atoms with van der Waals surface area (Å²) in [6.07, 6.45) is 2.41. The lowest BCUT2D eigenvalue weighted by molar-refractivity contribution is 0.524. The highest BCUT2D eigenvalue weighted by atomic mass is 32.2. The van der Waals surface area contributed by atoms with Gasteiger partial charge in [0.1, 0.15) is 10.6 Å². The van der Waals surface area contributed by atoms with Crippen LogP contribution in [0.2, 0.25) is 0 Å². The van der Waals surface area contributed by atoms with Crippen LogP contribution in [-0.2, 0) is 11.4 Å². The highest BCUT2D eigenvalue weighted by molar-refractivity contribution is 7.90. The molecule has 2 atom stereocenters. The number of halogens is 1. The van der Waals surface area contributed by atoms with Crippen LogP contribution in [0.1, 0.15) is 38.8 Å². The molecule has 2 nitrogen and oxygen atoms in total. The molecule has 0 bridgehead atoms. The van der Waals surface area contributed by atoms with Crippen molar-refractivity contribution in [1.29, 1.82) is 0 Å². The number of hydrogen-bond acceptors (Lipinski definition) is 2. The minimum absolute atomic E-state index is 0.108. The monoisotopic (exact) mass is 269 g/mol. The Kier molecular flexibility index (Phi) is 5.38. The molecule has 100 valence electrons. The lowest BCUT2D eigenvalue weighted by atomic mass is 10.1. The third-order valence-corrected chi connectivity index (χ3v) is 4.09. The maximum absolute atomic E-state index is 12.9. The van der Waals surface area contributed by atoms with Gasteiger partial charge in [0.25, 0.3) is 0 Å². The lowest BCUT2D eigenvalue weighted by Crippen LogP contribution is -2.41. The van der Waals surface area contributed by atoms with Crippen LogP contribution in [0.15, 0.2) is 36.9 Å². The van der Waals surface area contributed by atoms with Crippen molar-refractivity contribution in [2.45, 2.75) is 38.0 Å². The summed E-state index contributed by atoms with van der Waals surface area (Å²) in [6.45, 7) is 9.43. The molecule has 0 aromatic heterocycles. The van der Waals surface area contributed by atoms with Gasteiger partial charge in [-0.3, -0.25) is 0 Å². The summed E-state index contributed by atoms with van der Waals surface area (Å²) in [6, 6.07) is 6.12. The molecule has 0 aliphatic heterocycles. The first kappa shape index (κ1) is 15.2. The summed E-state index contributed by atoms with van der Waals surface area (Å²) in [5, 5.41) is 0. The maximum atomic E-state index is 12.9. The van der Waals surface area contributed by atoms with Crippen molar-refractivity contribution in [3.63, 3.8) is 0 Å². The molecule has 0 aliphatic rings. The van der Waals surface area contributed by atoms with E-state index in [0.717, 1.165) is 5.56 Å². The van der Waals surface area contributed by atoms with Gasteiger partial charge in [0.05, 0.1) is 6.04 Å². The van der Waals surface area contributed by atoms with Crippen molar-refractivity contribution in [3.8, 4) is 0 Å². The third kappa shape index (κ3) is 4.44. The normalized spacial score (nSPS) is 15.2. The molecule has 0 aliphatic carbocycles. The Hall–Kier alpha value is -0.840. The van der Waals surface area contributed by atoms with Gasteiger partial charge >= 0.3 is 0 Å². The van der Waals surface area contributed by atoms with E-state index in [1.54, 1.807) is 18.2 Å². The van der Waals surface area contributed by atoms with Gasteiger partial charge in [0, 0.05) is 11.4 Å². The van der Waals surface area contributed by atoms with Crippen LogP contribution in [0.5, 0.6) is 0 Å². The zero-order chi connectivity index (χ0) is 13.8. The maximum Gasteiger partial charge on any atom is 0.136 e. The molecule has 1 unspecified atom stereocenters. The number of nitrogens with one attached hydrogen (secondary N) is 1. The Morgan fingerprint density at radius 1 is 1.39 bits per heavy atom. The van der Waals surface area contributed by atoms with E-state index in [1.807, 2.05) is 20.8 Å². The van der Waals surface area contributed by atoms with E-state index in [1.165, 1.54) is 12.1 Å². The molecule has 1 rings (SSSR count). The fraction of sp³-hybridized carbons (Fsp3) is 0.429. The van der Waals surface area contributed by atoms with Crippen LogP contribution in [0, 0.1) is 5.82 Å². The van der Waals surface area contributed by atoms with Crippen LogP contribution in [-0.4, -0.2) is 9.30 Å². The Labute approximate surface area is 112 Å². The summed E-state index contributed by atoms with van der Waals surface area (Å²) in [5.41, 5.74) is 0.911. The summed E-state index contributed by atoms with van der Waals surface area (Å²) in [7, 11) is 0. The molecule has 0 spiro atoms. The summed E-state index contributed by atoms with van der Waals surface area (Å²) < 4.78 is 27.7.